The van der Waals surface area contributed by atoms with E-state index in [-0.39, 0.29) is 18.2 Å². The van der Waals surface area contributed by atoms with Crippen LogP contribution >= 0.6 is 0 Å². The van der Waals surface area contributed by atoms with Gasteiger partial charge in [-0.25, -0.2) is 13.6 Å². The molecule has 1 fully saturated rings. The number of nitrogens with zero attached hydrogens (tertiary/aromatic N) is 2. The van der Waals surface area contributed by atoms with Crippen LogP contribution in [0.1, 0.15) is 57.6 Å². The number of carbonyl (C=O) groups is 2. The van der Waals surface area contributed by atoms with E-state index in [1.54, 1.807) is 37.8 Å². The van der Waals surface area contributed by atoms with Crippen molar-refractivity contribution in [3.8, 4) is 11.5 Å². The Morgan fingerprint density at radius 2 is 1.82 bits per heavy atom. The SMILES string of the molecule is CC(C)(C)OC(=O)NC(CC(=O)N1CCN(c2cccc3c2OC(C)(F)O3)CC1)C1CCc2cc(F)c(F)cc21. The number of alkyl halides is 1. The van der Waals surface area contributed by atoms with Crippen molar-refractivity contribution in [3.63, 3.8) is 0 Å². The Morgan fingerprint density at radius 3 is 2.52 bits per heavy atom. The average molecular weight is 562 g/mol. The Balaban J connectivity index is 1.28. The van der Waals surface area contributed by atoms with E-state index in [4.69, 9.17) is 14.2 Å². The maximum absolute atomic E-state index is 14.3. The summed E-state index contributed by atoms with van der Waals surface area (Å²) in [7, 11) is 0. The highest BCUT2D eigenvalue weighted by Gasteiger charge is 2.40. The molecule has 0 radical (unpaired) electrons. The van der Waals surface area contributed by atoms with Gasteiger partial charge in [-0.15, -0.1) is 0 Å². The minimum absolute atomic E-state index is 0.0275. The summed E-state index contributed by atoms with van der Waals surface area (Å²) in [6, 6.07) is 4.68. The number of aryl methyl sites for hydroxylation is 1. The quantitative estimate of drug-likeness (QED) is 0.551. The van der Waals surface area contributed by atoms with Crippen LogP contribution in [0.4, 0.5) is 23.7 Å². The molecule has 5 rings (SSSR count). The molecule has 40 heavy (non-hydrogen) atoms. The van der Waals surface area contributed by atoms with Gasteiger partial charge in [0.25, 0.3) is 0 Å². The molecule has 2 amide bonds. The van der Waals surface area contributed by atoms with Gasteiger partial charge >= 0.3 is 12.1 Å². The number of benzene rings is 2. The standard InChI is InChI=1S/C29H34F3N3O5/c1-28(2,3)40-27(37)33-22(18-9-8-17-14-20(30)21(31)15-19(17)18)16-25(36)35-12-10-34(11-13-35)23-6-5-7-24-26(23)39-29(4,32)38-24/h5-7,14-15,18,22H,8-13,16H2,1-4H3,(H,33,37). The molecule has 2 aromatic carbocycles. The third-order valence-corrected chi connectivity index (χ3v) is 7.40. The van der Waals surface area contributed by atoms with Gasteiger partial charge in [-0.1, -0.05) is 6.07 Å². The topological polar surface area (TPSA) is 80.3 Å². The Labute approximate surface area is 231 Å². The molecule has 1 saturated heterocycles. The van der Waals surface area contributed by atoms with E-state index in [1.807, 2.05) is 11.0 Å². The van der Waals surface area contributed by atoms with Crippen LogP contribution in [0.15, 0.2) is 30.3 Å². The van der Waals surface area contributed by atoms with Gasteiger partial charge in [0.15, 0.2) is 23.1 Å². The Morgan fingerprint density at radius 1 is 1.12 bits per heavy atom. The van der Waals surface area contributed by atoms with Crippen LogP contribution < -0.4 is 19.7 Å². The summed E-state index contributed by atoms with van der Waals surface area (Å²) in [5, 5.41) is 2.83. The molecule has 2 aliphatic heterocycles. The van der Waals surface area contributed by atoms with Crippen LogP contribution in [0, 0.1) is 11.6 Å². The van der Waals surface area contributed by atoms with Crippen molar-refractivity contribution < 1.29 is 37.0 Å². The number of ether oxygens (including phenoxy) is 3. The number of halogens is 3. The molecule has 2 heterocycles. The number of alkyl carbamates (subject to hydrolysis) is 1. The third-order valence-electron chi connectivity index (χ3n) is 7.40. The maximum atomic E-state index is 14.3. The molecule has 8 nitrogen and oxygen atoms in total. The van der Waals surface area contributed by atoms with Gasteiger partial charge in [-0.05, 0) is 69.0 Å². The number of piperazine rings is 1. The number of hydrogen-bond acceptors (Lipinski definition) is 6. The first-order valence-electron chi connectivity index (χ1n) is 13.5. The molecular weight excluding hydrogens is 527 g/mol. The van der Waals surface area contributed by atoms with Crippen molar-refractivity contribution in [2.75, 3.05) is 31.1 Å². The van der Waals surface area contributed by atoms with Crippen molar-refractivity contribution in [2.45, 2.75) is 70.6 Å². The number of rotatable bonds is 5. The van der Waals surface area contributed by atoms with Crippen molar-refractivity contribution in [1.82, 2.24) is 10.2 Å². The Kier molecular flexibility index (Phi) is 7.26. The van der Waals surface area contributed by atoms with Crippen LogP contribution in [-0.4, -0.2) is 60.8 Å². The first-order chi connectivity index (χ1) is 18.8. The number of fused-ring (bicyclic) bond motifs is 2. The molecule has 0 aromatic heterocycles. The molecule has 3 atom stereocenters. The molecule has 0 saturated carbocycles. The highest BCUT2D eigenvalue weighted by Crippen LogP contribution is 2.46. The van der Waals surface area contributed by atoms with Crippen molar-refractivity contribution in [1.29, 1.82) is 0 Å². The lowest BCUT2D eigenvalue weighted by Crippen LogP contribution is -2.51. The molecule has 0 spiro atoms. The molecule has 11 heteroatoms. The zero-order valence-electron chi connectivity index (χ0n) is 23.1. The van der Waals surface area contributed by atoms with Crippen molar-refractivity contribution >= 4 is 17.7 Å². The summed E-state index contributed by atoms with van der Waals surface area (Å²) < 4.78 is 58.3. The zero-order chi connectivity index (χ0) is 28.8. The minimum Gasteiger partial charge on any atom is -0.444 e. The fraction of sp³-hybridized carbons (Fsp3) is 0.517. The molecule has 216 valence electrons. The van der Waals surface area contributed by atoms with Gasteiger partial charge in [-0.3, -0.25) is 4.79 Å². The molecule has 2 aromatic rings. The van der Waals surface area contributed by atoms with Gasteiger partial charge in [0.1, 0.15) is 5.60 Å². The highest BCUT2D eigenvalue weighted by molar-refractivity contribution is 5.79. The number of amides is 2. The lowest BCUT2D eigenvalue weighted by Gasteiger charge is -2.37. The molecule has 3 unspecified atom stereocenters. The van der Waals surface area contributed by atoms with Crippen molar-refractivity contribution in [2.24, 2.45) is 0 Å². The van der Waals surface area contributed by atoms with Crippen LogP contribution in [0.3, 0.4) is 0 Å². The highest BCUT2D eigenvalue weighted by atomic mass is 19.2. The average Bonchev–Trinajstić information content (AvgIpc) is 3.41. The number of para-hydroxylation sites is 1. The predicted molar refractivity (Wildman–Crippen MR) is 141 cm³/mol. The van der Waals surface area contributed by atoms with Crippen LogP contribution in [-0.2, 0) is 16.0 Å². The molecule has 1 aliphatic carbocycles. The minimum atomic E-state index is -2.24. The maximum Gasteiger partial charge on any atom is 0.407 e. The number of nitrogens with one attached hydrogen (secondary N) is 1. The second kappa shape index (κ2) is 10.4. The summed E-state index contributed by atoms with van der Waals surface area (Å²) in [6.07, 6.45) is 0.349. The molecule has 0 bridgehead atoms. The fourth-order valence-electron chi connectivity index (χ4n) is 5.65. The van der Waals surface area contributed by atoms with Gasteiger partial charge < -0.3 is 29.3 Å². The second-order valence-corrected chi connectivity index (χ2v) is 11.6. The first kappa shape index (κ1) is 27.9. The van der Waals surface area contributed by atoms with Crippen LogP contribution in [0.2, 0.25) is 0 Å². The van der Waals surface area contributed by atoms with Gasteiger partial charge in [0.05, 0.1) is 5.69 Å². The fourth-order valence-corrected chi connectivity index (χ4v) is 5.65. The summed E-state index contributed by atoms with van der Waals surface area (Å²) >= 11 is 0. The van der Waals surface area contributed by atoms with Gasteiger partial charge in [0, 0.05) is 51.5 Å². The van der Waals surface area contributed by atoms with Crippen LogP contribution in [0.5, 0.6) is 11.5 Å². The predicted octanol–water partition coefficient (Wildman–Crippen LogP) is 5.04. The van der Waals surface area contributed by atoms with E-state index in [2.05, 4.69) is 5.32 Å². The summed E-state index contributed by atoms with van der Waals surface area (Å²) in [6.45, 7) is 8.18. The second-order valence-electron chi connectivity index (χ2n) is 11.6. The van der Waals surface area contributed by atoms with Crippen molar-refractivity contribution in [3.05, 3.63) is 53.1 Å². The first-order valence-corrected chi connectivity index (χ1v) is 13.5. The van der Waals surface area contributed by atoms with E-state index < -0.39 is 35.4 Å². The van der Waals surface area contributed by atoms with Crippen LogP contribution in [0.25, 0.3) is 0 Å². The number of hydrogen-bond donors (Lipinski definition) is 1. The molecule has 3 aliphatic rings. The lowest BCUT2D eigenvalue weighted by atomic mass is 9.90. The molecular formula is C29H34F3N3O5. The Bertz CT molecular complexity index is 1300. The van der Waals surface area contributed by atoms with E-state index in [9.17, 15) is 22.8 Å². The third kappa shape index (κ3) is 5.93. The monoisotopic (exact) mass is 561 g/mol. The van der Waals surface area contributed by atoms with E-state index >= 15 is 0 Å². The van der Waals surface area contributed by atoms with E-state index in [0.717, 1.165) is 0 Å². The summed E-state index contributed by atoms with van der Waals surface area (Å²) in [5.74, 6) is -1.77. The number of anilines is 1. The summed E-state index contributed by atoms with van der Waals surface area (Å²) in [5.41, 5.74) is 1.21. The molecule has 1 N–H and O–H groups in total. The normalized spacial score (nSPS) is 22.6. The van der Waals surface area contributed by atoms with E-state index in [0.29, 0.717) is 67.3 Å². The lowest BCUT2D eigenvalue weighted by molar-refractivity contribution is -0.173. The van der Waals surface area contributed by atoms with Gasteiger partial charge in [-0.2, -0.15) is 4.39 Å². The van der Waals surface area contributed by atoms with E-state index in [1.165, 1.54) is 19.1 Å². The number of carbonyl (C=O) groups excluding carboxylic acids is 2. The smallest absolute Gasteiger partial charge is 0.407 e. The zero-order valence-corrected chi connectivity index (χ0v) is 23.1. The summed E-state index contributed by atoms with van der Waals surface area (Å²) in [4.78, 5) is 29.9. The van der Waals surface area contributed by atoms with Gasteiger partial charge in [0.2, 0.25) is 5.91 Å². The largest absolute Gasteiger partial charge is 0.444 e. The Hall–Kier alpha value is -3.63.